The highest BCUT2D eigenvalue weighted by Crippen LogP contribution is 2.29. The highest BCUT2D eigenvalue weighted by atomic mass is 35.5. The van der Waals surface area contributed by atoms with Crippen molar-refractivity contribution in [1.29, 1.82) is 5.26 Å². The van der Waals surface area contributed by atoms with Crippen molar-refractivity contribution in [1.82, 2.24) is 0 Å². The quantitative estimate of drug-likeness (QED) is 0.325. The molecule has 8 heteroatoms. The fourth-order valence-electron chi connectivity index (χ4n) is 0.888. The van der Waals surface area contributed by atoms with Gasteiger partial charge in [-0.15, -0.1) is 11.8 Å². The summed E-state index contributed by atoms with van der Waals surface area (Å²) in [5.74, 6) is 0.374. The Morgan fingerprint density at radius 3 is 2.83 bits per heavy atom. The van der Waals surface area contributed by atoms with Gasteiger partial charge in [-0.25, -0.2) is 0 Å². The Kier molecular flexibility index (Phi) is 6.82. The first-order valence-corrected chi connectivity index (χ1v) is 7.63. The maximum atomic E-state index is 8.46. The molecule has 0 atom stereocenters. The third kappa shape index (κ3) is 5.04. The van der Waals surface area contributed by atoms with E-state index >= 15 is 0 Å². The zero-order valence-electron chi connectivity index (χ0n) is 9.02. The second kappa shape index (κ2) is 7.87. The van der Waals surface area contributed by atoms with Gasteiger partial charge in [0, 0.05) is 11.1 Å². The second-order valence-corrected chi connectivity index (χ2v) is 6.20. The lowest BCUT2D eigenvalue weighted by atomic mass is 10.3. The zero-order chi connectivity index (χ0) is 13.5. The van der Waals surface area contributed by atoms with Crippen molar-refractivity contribution in [2.24, 2.45) is 4.99 Å². The van der Waals surface area contributed by atoms with Crippen LogP contribution in [0, 0.1) is 11.5 Å². The molecular formula is C10H6Cl2N2OS3. The van der Waals surface area contributed by atoms with Gasteiger partial charge in [-0.05, 0) is 42.4 Å². The van der Waals surface area contributed by atoms with Crippen molar-refractivity contribution in [3.8, 4) is 11.9 Å². The van der Waals surface area contributed by atoms with Crippen LogP contribution in [0.3, 0.4) is 0 Å². The average Bonchev–Trinajstić information content (AvgIpc) is 2.33. The number of hydrogen-bond donors (Lipinski definition) is 0. The number of ether oxygens (including phenoxy) is 1. The van der Waals surface area contributed by atoms with Gasteiger partial charge in [0.15, 0.2) is 4.38 Å². The molecule has 94 valence electrons. The summed E-state index contributed by atoms with van der Waals surface area (Å²) in [4.78, 5) is 3.59. The molecule has 18 heavy (non-hydrogen) atoms. The molecule has 0 radical (unpaired) electrons. The first kappa shape index (κ1) is 15.6. The first-order chi connectivity index (χ1) is 8.56. The Bertz CT molecular complexity index is 528. The molecule has 0 aliphatic carbocycles. The summed E-state index contributed by atoms with van der Waals surface area (Å²) in [7, 11) is 0. The maximum Gasteiger partial charge on any atom is 0.232 e. The first-order valence-electron chi connectivity index (χ1n) is 4.42. The number of rotatable bonds is 1. The van der Waals surface area contributed by atoms with E-state index in [1.165, 1.54) is 11.8 Å². The third-order valence-corrected chi connectivity index (χ3v) is 4.16. The van der Waals surface area contributed by atoms with Crippen molar-refractivity contribution in [2.75, 3.05) is 6.26 Å². The van der Waals surface area contributed by atoms with Gasteiger partial charge >= 0.3 is 0 Å². The summed E-state index contributed by atoms with van der Waals surface area (Å²) in [5, 5.41) is 9.37. The lowest BCUT2D eigenvalue weighted by Gasteiger charge is -2.08. The number of halogens is 2. The Balaban J connectivity index is 2.74. The van der Waals surface area contributed by atoms with Crippen LogP contribution in [0.15, 0.2) is 23.2 Å². The van der Waals surface area contributed by atoms with Crippen LogP contribution in [-0.2, 0) is 0 Å². The number of thiocarbonyl (C=S) groups is 1. The molecule has 0 unspecified atom stereocenters. The van der Waals surface area contributed by atoms with Crippen LogP contribution in [0.1, 0.15) is 0 Å². The second-order valence-electron chi connectivity index (χ2n) is 2.71. The minimum Gasteiger partial charge on any atom is -0.438 e. The third-order valence-electron chi connectivity index (χ3n) is 1.57. The lowest BCUT2D eigenvalue weighted by Crippen LogP contribution is -2.03. The van der Waals surface area contributed by atoms with E-state index in [-0.39, 0.29) is 4.38 Å². The molecule has 1 aromatic carbocycles. The fourth-order valence-corrected chi connectivity index (χ4v) is 2.74. The predicted molar refractivity (Wildman–Crippen MR) is 83.8 cm³/mol. The van der Waals surface area contributed by atoms with E-state index in [9.17, 15) is 0 Å². The van der Waals surface area contributed by atoms with Crippen molar-refractivity contribution in [3.05, 3.63) is 28.2 Å². The topological polar surface area (TPSA) is 45.4 Å². The molecule has 0 saturated heterocycles. The minimum atomic E-state index is 0.197. The highest BCUT2D eigenvalue weighted by molar-refractivity contribution is 8.47. The number of hydrogen-bond acceptors (Lipinski definition) is 6. The van der Waals surface area contributed by atoms with Crippen LogP contribution in [0.2, 0.25) is 10.0 Å². The fraction of sp³-hybridized carbons (Fsp3) is 0.100. The van der Waals surface area contributed by atoms with E-state index < -0.39 is 0 Å². The van der Waals surface area contributed by atoms with Gasteiger partial charge < -0.3 is 4.74 Å². The Labute approximate surface area is 129 Å². The number of nitrogens with zero attached hydrogens (tertiary/aromatic N) is 2. The standard InChI is InChI=1S/C10H6Cl2N2OS3/c1-17-9(14-5-13)18-10(16)15-8-4-6(11)2-3-7(8)12/h2-4H,1H3. The summed E-state index contributed by atoms with van der Waals surface area (Å²) in [6.45, 7) is 0. The van der Waals surface area contributed by atoms with E-state index in [1.54, 1.807) is 30.6 Å². The van der Waals surface area contributed by atoms with Crippen LogP contribution < -0.4 is 4.74 Å². The van der Waals surface area contributed by atoms with Gasteiger partial charge in [-0.2, -0.15) is 10.3 Å². The van der Waals surface area contributed by atoms with Crippen LogP contribution >= 0.6 is 58.9 Å². The van der Waals surface area contributed by atoms with Crippen LogP contribution in [0.5, 0.6) is 5.75 Å². The molecule has 0 aliphatic heterocycles. The molecule has 0 heterocycles. The maximum absolute atomic E-state index is 8.46. The molecule has 0 aromatic heterocycles. The molecule has 0 amide bonds. The van der Waals surface area contributed by atoms with E-state index in [0.29, 0.717) is 20.2 Å². The molecular weight excluding hydrogens is 331 g/mol. The summed E-state index contributed by atoms with van der Waals surface area (Å²) >= 11 is 19.2. The summed E-state index contributed by atoms with van der Waals surface area (Å²) in [5.41, 5.74) is 0. The Hall–Kier alpha value is -0.450. The average molecular weight is 337 g/mol. The largest absolute Gasteiger partial charge is 0.438 e. The van der Waals surface area contributed by atoms with Crippen LogP contribution in [0.25, 0.3) is 0 Å². The number of nitriles is 1. The van der Waals surface area contributed by atoms with Crippen molar-refractivity contribution < 1.29 is 4.74 Å². The molecule has 0 N–H and O–H groups in total. The van der Waals surface area contributed by atoms with Crippen molar-refractivity contribution in [3.63, 3.8) is 0 Å². The van der Waals surface area contributed by atoms with Gasteiger partial charge in [0.25, 0.3) is 0 Å². The predicted octanol–water partition coefficient (Wildman–Crippen LogP) is 4.59. The molecule has 1 rings (SSSR count). The van der Waals surface area contributed by atoms with Gasteiger partial charge in [0.2, 0.25) is 10.6 Å². The molecule has 0 saturated carbocycles. The molecule has 1 aromatic rings. The normalized spacial score (nSPS) is 10.9. The monoisotopic (exact) mass is 336 g/mol. The van der Waals surface area contributed by atoms with E-state index in [1.807, 2.05) is 0 Å². The smallest absolute Gasteiger partial charge is 0.232 e. The van der Waals surface area contributed by atoms with Crippen LogP contribution in [-0.4, -0.2) is 15.0 Å². The highest BCUT2D eigenvalue weighted by Gasteiger charge is 2.10. The molecule has 0 spiro atoms. The van der Waals surface area contributed by atoms with Crippen molar-refractivity contribution in [2.45, 2.75) is 0 Å². The Morgan fingerprint density at radius 1 is 1.50 bits per heavy atom. The zero-order valence-corrected chi connectivity index (χ0v) is 13.0. The van der Waals surface area contributed by atoms with Gasteiger partial charge in [-0.1, -0.05) is 23.2 Å². The molecule has 0 bridgehead atoms. The molecule has 3 nitrogen and oxygen atoms in total. The summed E-state index contributed by atoms with van der Waals surface area (Å²) in [6.07, 6.45) is 3.48. The minimum absolute atomic E-state index is 0.197. The number of aliphatic imine (C=N–C) groups is 1. The van der Waals surface area contributed by atoms with Gasteiger partial charge in [0.1, 0.15) is 5.75 Å². The van der Waals surface area contributed by atoms with Crippen LogP contribution in [0.4, 0.5) is 0 Å². The summed E-state index contributed by atoms with van der Waals surface area (Å²) < 4.78 is 6.08. The SMILES string of the molecule is CSC(=NC#N)SC(=S)Oc1cc(Cl)ccc1Cl. The number of thioether (sulfide) groups is 2. The van der Waals surface area contributed by atoms with E-state index in [2.05, 4.69) is 4.99 Å². The van der Waals surface area contributed by atoms with E-state index in [4.69, 9.17) is 45.4 Å². The molecule has 0 fully saturated rings. The Morgan fingerprint density at radius 2 is 2.22 bits per heavy atom. The molecule has 0 aliphatic rings. The van der Waals surface area contributed by atoms with Crippen molar-refractivity contribution >= 4 is 67.7 Å². The number of benzene rings is 1. The van der Waals surface area contributed by atoms with Gasteiger partial charge in [-0.3, -0.25) is 0 Å². The summed E-state index contributed by atoms with van der Waals surface area (Å²) in [6, 6.07) is 4.83. The van der Waals surface area contributed by atoms with Gasteiger partial charge in [0.05, 0.1) is 5.02 Å². The van der Waals surface area contributed by atoms with E-state index in [0.717, 1.165) is 11.8 Å². The lowest BCUT2D eigenvalue weighted by molar-refractivity contribution is 0.580.